The van der Waals surface area contributed by atoms with Gasteiger partial charge in [0.2, 0.25) is 19.9 Å². The van der Waals surface area contributed by atoms with Crippen molar-refractivity contribution in [3.05, 3.63) is 78.1 Å². The Morgan fingerprint density at radius 2 is 1.59 bits per heavy atom. The van der Waals surface area contributed by atoms with Crippen LogP contribution in [-0.2, 0) is 26.3 Å². The van der Waals surface area contributed by atoms with E-state index in [2.05, 4.69) is 15.0 Å². The molecule has 0 atom stereocenters. The maximum absolute atomic E-state index is 13.1. The molecule has 0 spiro atoms. The van der Waals surface area contributed by atoms with E-state index in [0.29, 0.717) is 12.0 Å². The third-order valence-corrected chi connectivity index (χ3v) is 8.34. The molecule has 1 aromatic heterocycles. The average Bonchev–Trinajstić information content (AvgIpc) is 2.79. The quantitative estimate of drug-likeness (QED) is 0.492. The topological polar surface area (TPSA) is 105 Å². The van der Waals surface area contributed by atoms with Gasteiger partial charge in [-0.1, -0.05) is 26.0 Å². The van der Waals surface area contributed by atoms with Crippen LogP contribution in [0.2, 0.25) is 0 Å². The molecule has 32 heavy (non-hydrogen) atoms. The van der Waals surface area contributed by atoms with Gasteiger partial charge in [0, 0.05) is 37.6 Å². The summed E-state index contributed by atoms with van der Waals surface area (Å²) in [7, 11) is -6.07. The fraction of sp³-hybridized carbons (Fsp3) is 0.261. The molecule has 0 saturated carbocycles. The van der Waals surface area contributed by atoms with E-state index in [9.17, 15) is 16.8 Å². The molecule has 0 radical (unpaired) electrons. The number of sulfonamides is 1. The van der Waals surface area contributed by atoms with E-state index < -0.39 is 19.9 Å². The minimum atomic E-state index is -3.93. The summed E-state index contributed by atoms with van der Waals surface area (Å²) in [6.45, 7) is 3.89. The highest BCUT2D eigenvalue weighted by Gasteiger charge is 2.25. The molecule has 0 unspecified atom stereocenters. The fourth-order valence-electron chi connectivity index (χ4n) is 3.27. The van der Waals surface area contributed by atoms with E-state index >= 15 is 0 Å². The van der Waals surface area contributed by atoms with Gasteiger partial charge in [0.25, 0.3) is 0 Å². The number of aromatic nitrogens is 1. The maximum atomic E-state index is 13.1. The van der Waals surface area contributed by atoms with E-state index in [1.807, 2.05) is 26.0 Å². The normalized spacial score (nSPS) is 12.1. The number of benzene rings is 2. The van der Waals surface area contributed by atoms with Crippen LogP contribution in [0.15, 0.2) is 81.5 Å². The molecule has 0 aliphatic rings. The Bertz CT molecular complexity index is 1270. The van der Waals surface area contributed by atoms with Gasteiger partial charge in [0.05, 0.1) is 14.7 Å². The Balaban J connectivity index is 1.94. The van der Waals surface area contributed by atoms with Gasteiger partial charge in [0.1, 0.15) is 0 Å². The van der Waals surface area contributed by atoms with Crippen molar-refractivity contribution in [2.24, 2.45) is 0 Å². The smallest absolute Gasteiger partial charge is 0.240 e. The van der Waals surface area contributed by atoms with Crippen LogP contribution in [-0.4, -0.2) is 35.4 Å². The largest absolute Gasteiger partial charge is 0.388 e. The molecule has 170 valence electrons. The second kappa shape index (κ2) is 9.81. The molecule has 3 aromatic rings. The van der Waals surface area contributed by atoms with Crippen molar-refractivity contribution in [1.82, 2.24) is 9.71 Å². The first-order valence-corrected chi connectivity index (χ1v) is 13.2. The summed E-state index contributed by atoms with van der Waals surface area (Å²) < 4.78 is 55.1. The Kier molecular flexibility index (Phi) is 7.33. The number of hydrogen-bond donors (Lipinski definition) is 2. The molecular formula is C23H27N3O4S2. The zero-order valence-electron chi connectivity index (χ0n) is 18.2. The molecule has 0 aliphatic carbocycles. The van der Waals surface area contributed by atoms with Crippen molar-refractivity contribution in [2.45, 2.75) is 40.9 Å². The van der Waals surface area contributed by atoms with E-state index in [-0.39, 0.29) is 27.1 Å². The fourth-order valence-corrected chi connectivity index (χ4v) is 6.05. The molecule has 0 fully saturated rings. The number of rotatable bonds is 9. The molecule has 0 saturated heterocycles. The zero-order chi connectivity index (χ0) is 23.4. The summed E-state index contributed by atoms with van der Waals surface area (Å²) in [5.41, 5.74) is 2.10. The van der Waals surface area contributed by atoms with E-state index in [0.717, 1.165) is 11.4 Å². The lowest BCUT2D eigenvalue weighted by molar-refractivity contribution is 0.578. The van der Waals surface area contributed by atoms with Crippen molar-refractivity contribution in [3.63, 3.8) is 0 Å². The highest BCUT2D eigenvalue weighted by molar-refractivity contribution is 7.91. The lowest BCUT2D eigenvalue weighted by Crippen LogP contribution is -2.27. The Labute approximate surface area is 189 Å². The van der Waals surface area contributed by atoms with Crippen molar-refractivity contribution in [3.8, 4) is 0 Å². The summed E-state index contributed by atoms with van der Waals surface area (Å²) in [6.07, 6.45) is 2.07. The van der Waals surface area contributed by atoms with E-state index in [1.54, 1.807) is 37.5 Å². The Morgan fingerprint density at radius 1 is 0.906 bits per heavy atom. The SMILES string of the molecule is CNc1ccc(S(=O)(=O)c2ccc(C(C)C)c(S(=O)(=O)NCCc3ccccn3)c2)cc1. The van der Waals surface area contributed by atoms with Gasteiger partial charge in [0.15, 0.2) is 0 Å². The van der Waals surface area contributed by atoms with Crippen molar-refractivity contribution in [2.75, 3.05) is 18.9 Å². The predicted molar refractivity (Wildman–Crippen MR) is 125 cm³/mol. The molecule has 0 aliphatic heterocycles. The molecule has 9 heteroatoms. The van der Waals surface area contributed by atoms with Crippen LogP contribution in [0.1, 0.15) is 31.0 Å². The van der Waals surface area contributed by atoms with Gasteiger partial charge in [-0.3, -0.25) is 4.98 Å². The summed E-state index contributed by atoms with van der Waals surface area (Å²) in [4.78, 5) is 4.20. The number of pyridine rings is 1. The highest BCUT2D eigenvalue weighted by atomic mass is 32.2. The molecule has 1 heterocycles. The molecule has 0 bridgehead atoms. The molecule has 2 N–H and O–H groups in total. The van der Waals surface area contributed by atoms with Crippen LogP contribution >= 0.6 is 0 Å². The lowest BCUT2D eigenvalue weighted by atomic mass is 10.0. The predicted octanol–water partition coefficient (Wildman–Crippen LogP) is 3.60. The lowest BCUT2D eigenvalue weighted by Gasteiger charge is -2.16. The number of sulfone groups is 1. The second-order valence-electron chi connectivity index (χ2n) is 7.60. The van der Waals surface area contributed by atoms with Crippen molar-refractivity contribution in [1.29, 1.82) is 0 Å². The highest BCUT2D eigenvalue weighted by Crippen LogP contribution is 2.29. The Morgan fingerprint density at radius 3 is 2.19 bits per heavy atom. The molecule has 7 nitrogen and oxygen atoms in total. The zero-order valence-corrected chi connectivity index (χ0v) is 19.9. The monoisotopic (exact) mass is 473 g/mol. The number of nitrogens with one attached hydrogen (secondary N) is 2. The van der Waals surface area contributed by atoms with Gasteiger partial charge < -0.3 is 5.32 Å². The summed E-state index contributed by atoms with van der Waals surface area (Å²) in [6, 6.07) is 16.1. The van der Waals surface area contributed by atoms with Crippen molar-refractivity contribution < 1.29 is 16.8 Å². The number of nitrogens with zero attached hydrogens (tertiary/aromatic N) is 1. The van der Waals surface area contributed by atoms with Crippen LogP contribution in [0.25, 0.3) is 0 Å². The average molecular weight is 474 g/mol. The molecule has 2 aromatic carbocycles. The van der Waals surface area contributed by atoms with Gasteiger partial charge in [-0.05, 0) is 60.0 Å². The van der Waals surface area contributed by atoms with Gasteiger partial charge in [-0.2, -0.15) is 0 Å². The number of anilines is 1. The van der Waals surface area contributed by atoms with Gasteiger partial charge in [-0.15, -0.1) is 0 Å². The third kappa shape index (κ3) is 5.35. The van der Waals surface area contributed by atoms with Crippen LogP contribution in [0.3, 0.4) is 0 Å². The van der Waals surface area contributed by atoms with Crippen LogP contribution in [0.4, 0.5) is 5.69 Å². The summed E-state index contributed by atoms with van der Waals surface area (Å²) in [5.74, 6) is -0.107. The van der Waals surface area contributed by atoms with E-state index in [4.69, 9.17) is 0 Å². The minimum Gasteiger partial charge on any atom is -0.388 e. The van der Waals surface area contributed by atoms with E-state index in [1.165, 1.54) is 24.3 Å². The first-order chi connectivity index (χ1) is 15.1. The summed E-state index contributed by atoms with van der Waals surface area (Å²) in [5, 5.41) is 2.94. The minimum absolute atomic E-state index is 0.0264. The van der Waals surface area contributed by atoms with Crippen LogP contribution in [0, 0.1) is 0 Å². The first kappa shape index (κ1) is 23.9. The van der Waals surface area contributed by atoms with Crippen molar-refractivity contribution >= 4 is 25.5 Å². The molecule has 0 amide bonds. The molecular weight excluding hydrogens is 446 g/mol. The Hall–Kier alpha value is -2.75. The number of hydrogen-bond acceptors (Lipinski definition) is 6. The second-order valence-corrected chi connectivity index (χ2v) is 11.3. The first-order valence-electron chi connectivity index (χ1n) is 10.2. The van der Waals surface area contributed by atoms with Crippen LogP contribution in [0.5, 0.6) is 0 Å². The standard InChI is InChI=1S/C23H27N3O4S2/c1-17(2)22-12-11-21(31(27,28)20-9-7-18(24-3)8-10-20)16-23(22)32(29,30)26-15-13-19-6-4-5-14-25-19/h4-12,14,16-17,24,26H,13,15H2,1-3H3. The summed E-state index contributed by atoms with van der Waals surface area (Å²) >= 11 is 0. The maximum Gasteiger partial charge on any atom is 0.240 e. The van der Waals surface area contributed by atoms with Crippen LogP contribution < -0.4 is 10.0 Å². The third-order valence-electron chi connectivity index (χ3n) is 5.06. The molecule has 3 rings (SSSR count). The van der Waals surface area contributed by atoms with Gasteiger partial charge >= 0.3 is 0 Å². The van der Waals surface area contributed by atoms with Gasteiger partial charge in [-0.25, -0.2) is 21.6 Å².